The summed E-state index contributed by atoms with van der Waals surface area (Å²) >= 11 is 0. The van der Waals surface area contributed by atoms with E-state index in [2.05, 4.69) is 15.2 Å². The molecule has 25 heavy (non-hydrogen) atoms. The number of nitrogens with one attached hydrogen (secondary N) is 1. The molecule has 1 aliphatic heterocycles. The van der Waals surface area contributed by atoms with Crippen LogP contribution in [0.15, 0.2) is 48.7 Å². The second kappa shape index (κ2) is 7.74. The highest BCUT2D eigenvalue weighted by atomic mass is 19.1. The molecular weight excluding hydrogens is 323 g/mol. The van der Waals surface area contributed by atoms with Crippen molar-refractivity contribution in [3.05, 3.63) is 60.0 Å². The average molecular weight is 342 g/mol. The molecular formula is C18H19FN4O2. The van der Waals surface area contributed by atoms with Crippen molar-refractivity contribution in [3.63, 3.8) is 0 Å². The summed E-state index contributed by atoms with van der Waals surface area (Å²) in [6.45, 7) is 2.40. The fourth-order valence-corrected chi connectivity index (χ4v) is 2.68. The molecule has 0 spiro atoms. The SMILES string of the molecule is O=C(NCc1ccc(F)cc1)C(=O)N1CCN(c2ccccn2)CC1. The third kappa shape index (κ3) is 4.32. The van der Waals surface area contributed by atoms with Gasteiger partial charge < -0.3 is 15.1 Å². The molecule has 0 bridgehead atoms. The summed E-state index contributed by atoms with van der Waals surface area (Å²) in [6, 6.07) is 11.5. The number of anilines is 1. The van der Waals surface area contributed by atoms with Gasteiger partial charge in [0.2, 0.25) is 0 Å². The molecule has 0 saturated carbocycles. The molecule has 3 rings (SSSR count). The van der Waals surface area contributed by atoms with Gasteiger partial charge in [-0.15, -0.1) is 0 Å². The van der Waals surface area contributed by atoms with Gasteiger partial charge in [0.05, 0.1) is 0 Å². The third-order valence-corrected chi connectivity index (χ3v) is 4.10. The smallest absolute Gasteiger partial charge is 0.312 e. The molecule has 1 fully saturated rings. The summed E-state index contributed by atoms with van der Waals surface area (Å²) in [4.78, 5) is 32.2. The standard InChI is InChI=1S/C18H19FN4O2/c19-15-6-4-14(5-7-15)13-21-17(24)18(25)23-11-9-22(10-12-23)16-3-1-2-8-20-16/h1-8H,9-13H2,(H,21,24). The Balaban J connectivity index is 1.48. The number of aromatic nitrogens is 1. The van der Waals surface area contributed by atoms with Crippen LogP contribution in [0.1, 0.15) is 5.56 Å². The Morgan fingerprint density at radius 2 is 1.76 bits per heavy atom. The quantitative estimate of drug-likeness (QED) is 0.851. The number of amides is 2. The number of pyridine rings is 1. The fourth-order valence-electron chi connectivity index (χ4n) is 2.68. The maximum Gasteiger partial charge on any atom is 0.312 e. The third-order valence-electron chi connectivity index (χ3n) is 4.10. The van der Waals surface area contributed by atoms with Gasteiger partial charge >= 0.3 is 11.8 Å². The summed E-state index contributed by atoms with van der Waals surface area (Å²) in [7, 11) is 0. The van der Waals surface area contributed by atoms with E-state index in [0.717, 1.165) is 11.4 Å². The van der Waals surface area contributed by atoms with Crippen molar-refractivity contribution in [1.82, 2.24) is 15.2 Å². The highest BCUT2D eigenvalue weighted by Crippen LogP contribution is 2.12. The van der Waals surface area contributed by atoms with E-state index in [1.807, 2.05) is 18.2 Å². The molecule has 1 aliphatic rings. The highest BCUT2D eigenvalue weighted by molar-refractivity contribution is 6.35. The molecule has 0 unspecified atom stereocenters. The monoisotopic (exact) mass is 342 g/mol. The molecule has 1 aromatic carbocycles. The summed E-state index contributed by atoms with van der Waals surface area (Å²) in [5.41, 5.74) is 0.738. The second-order valence-electron chi connectivity index (χ2n) is 5.78. The number of benzene rings is 1. The molecule has 6 nitrogen and oxygen atoms in total. The van der Waals surface area contributed by atoms with Crippen LogP contribution in [0.5, 0.6) is 0 Å². The Kier molecular flexibility index (Phi) is 5.23. The topological polar surface area (TPSA) is 65.5 Å². The van der Waals surface area contributed by atoms with Crippen LogP contribution in [0, 0.1) is 5.82 Å². The predicted molar refractivity (Wildman–Crippen MR) is 91.3 cm³/mol. The number of hydrogen-bond donors (Lipinski definition) is 1. The molecule has 1 aromatic heterocycles. The first-order valence-electron chi connectivity index (χ1n) is 8.11. The molecule has 7 heteroatoms. The van der Waals surface area contributed by atoms with Crippen LogP contribution in [-0.4, -0.2) is 47.9 Å². The molecule has 1 N–H and O–H groups in total. The van der Waals surface area contributed by atoms with E-state index in [9.17, 15) is 14.0 Å². The van der Waals surface area contributed by atoms with Gasteiger partial charge in [-0.1, -0.05) is 18.2 Å². The zero-order valence-electron chi connectivity index (χ0n) is 13.7. The van der Waals surface area contributed by atoms with Crippen LogP contribution in [0.4, 0.5) is 10.2 Å². The lowest BCUT2D eigenvalue weighted by molar-refractivity contribution is -0.146. The van der Waals surface area contributed by atoms with Crippen molar-refractivity contribution < 1.29 is 14.0 Å². The van der Waals surface area contributed by atoms with Crippen LogP contribution < -0.4 is 10.2 Å². The molecule has 0 aliphatic carbocycles. The van der Waals surface area contributed by atoms with E-state index in [4.69, 9.17) is 0 Å². The van der Waals surface area contributed by atoms with Gasteiger partial charge in [-0.3, -0.25) is 9.59 Å². The minimum Gasteiger partial charge on any atom is -0.353 e. The van der Waals surface area contributed by atoms with E-state index < -0.39 is 11.8 Å². The summed E-state index contributed by atoms with van der Waals surface area (Å²) in [5.74, 6) is -0.648. The maximum atomic E-state index is 12.9. The van der Waals surface area contributed by atoms with Gasteiger partial charge in [-0.05, 0) is 29.8 Å². The molecule has 0 atom stereocenters. The molecule has 2 heterocycles. The normalized spacial score (nSPS) is 14.3. The Morgan fingerprint density at radius 3 is 2.40 bits per heavy atom. The molecule has 1 saturated heterocycles. The van der Waals surface area contributed by atoms with Crippen molar-refractivity contribution in [2.45, 2.75) is 6.54 Å². The number of nitrogens with zero attached hydrogens (tertiary/aromatic N) is 3. The Labute approximate surface area is 145 Å². The minimum absolute atomic E-state index is 0.193. The van der Waals surface area contributed by atoms with Crippen molar-refractivity contribution in [2.24, 2.45) is 0 Å². The van der Waals surface area contributed by atoms with Gasteiger partial charge in [0.15, 0.2) is 0 Å². The predicted octanol–water partition coefficient (Wildman–Crippen LogP) is 1.19. The summed E-state index contributed by atoms with van der Waals surface area (Å²) < 4.78 is 12.9. The number of rotatable bonds is 3. The lowest BCUT2D eigenvalue weighted by Crippen LogP contribution is -2.52. The van der Waals surface area contributed by atoms with E-state index in [-0.39, 0.29) is 12.4 Å². The summed E-state index contributed by atoms with van der Waals surface area (Å²) in [5, 5.41) is 2.58. The van der Waals surface area contributed by atoms with Crippen LogP contribution >= 0.6 is 0 Å². The van der Waals surface area contributed by atoms with Crippen molar-refractivity contribution in [1.29, 1.82) is 0 Å². The first-order valence-corrected chi connectivity index (χ1v) is 8.11. The number of halogens is 1. The van der Waals surface area contributed by atoms with Gasteiger partial charge in [-0.25, -0.2) is 9.37 Å². The van der Waals surface area contributed by atoms with Crippen LogP contribution in [-0.2, 0) is 16.1 Å². The lowest BCUT2D eigenvalue weighted by atomic mass is 10.2. The minimum atomic E-state index is -0.643. The Bertz CT molecular complexity index is 729. The number of carbonyl (C=O) groups is 2. The first-order chi connectivity index (χ1) is 12.1. The van der Waals surface area contributed by atoms with Crippen molar-refractivity contribution in [2.75, 3.05) is 31.1 Å². The van der Waals surface area contributed by atoms with Crippen LogP contribution in [0.3, 0.4) is 0 Å². The molecule has 130 valence electrons. The van der Waals surface area contributed by atoms with Gasteiger partial charge in [0.1, 0.15) is 11.6 Å². The molecule has 2 amide bonds. The van der Waals surface area contributed by atoms with Crippen molar-refractivity contribution in [3.8, 4) is 0 Å². The molecule has 2 aromatic rings. The Morgan fingerprint density at radius 1 is 1.04 bits per heavy atom. The van der Waals surface area contributed by atoms with E-state index in [0.29, 0.717) is 26.2 Å². The van der Waals surface area contributed by atoms with E-state index in [1.54, 1.807) is 23.2 Å². The number of hydrogen-bond acceptors (Lipinski definition) is 4. The Hall–Kier alpha value is -2.96. The van der Waals surface area contributed by atoms with E-state index in [1.165, 1.54) is 12.1 Å². The van der Waals surface area contributed by atoms with E-state index >= 15 is 0 Å². The van der Waals surface area contributed by atoms with Crippen LogP contribution in [0.25, 0.3) is 0 Å². The zero-order valence-corrected chi connectivity index (χ0v) is 13.7. The van der Waals surface area contributed by atoms with Crippen LogP contribution in [0.2, 0.25) is 0 Å². The average Bonchev–Trinajstić information content (AvgIpc) is 2.67. The summed E-state index contributed by atoms with van der Waals surface area (Å²) in [6.07, 6.45) is 1.73. The van der Waals surface area contributed by atoms with Gasteiger partial charge in [0.25, 0.3) is 0 Å². The highest BCUT2D eigenvalue weighted by Gasteiger charge is 2.26. The van der Waals surface area contributed by atoms with Gasteiger partial charge in [0, 0.05) is 38.9 Å². The largest absolute Gasteiger partial charge is 0.353 e. The van der Waals surface area contributed by atoms with Crippen molar-refractivity contribution >= 4 is 17.6 Å². The zero-order chi connectivity index (χ0) is 17.6. The first kappa shape index (κ1) is 16.9. The maximum absolute atomic E-state index is 12.9. The second-order valence-corrected chi connectivity index (χ2v) is 5.78. The number of carbonyl (C=O) groups excluding carboxylic acids is 2. The number of piperazine rings is 1. The molecule has 0 radical (unpaired) electrons. The fraction of sp³-hybridized carbons (Fsp3) is 0.278. The van der Waals surface area contributed by atoms with Gasteiger partial charge in [-0.2, -0.15) is 0 Å². The lowest BCUT2D eigenvalue weighted by Gasteiger charge is -2.35.